The van der Waals surface area contributed by atoms with E-state index in [-0.39, 0.29) is 0 Å². The number of hydrogen-bond acceptors (Lipinski definition) is 10. The average molecular weight is 1090 g/mol. The lowest BCUT2D eigenvalue weighted by Gasteiger charge is -2.17. The number of aromatic nitrogens is 6. The van der Waals surface area contributed by atoms with Gasteiger partial charge in [0.1, 0.15) is 96.7 Å². The molecule has 7 aromatic carbocycles. The molecule has 3 heterocycles. The quantitative estimate of drug-likeness (QED) is 0.0412. The Bertz CT molecular complexity index is 4330. The SMILES string of the molecule is [C-]#[N+]c1c(F)c(-c2c(F)c(F)c(F)c(F)c2F)c(C#N)c2nc3c4nc5c(C#N)c(F)c(-c6c(F)c(F)c(F)c(F)c6F)c([N+]#[C-])c5nc4c4nc5c(C#N)c(F)c(-c6c(F)c(F)c(F)c(F)c6F)c(C#N)c5nc4c3nc12. The Hall–Kier alpha value is -11.0. The van der Waals surface area contributed by atoms with Gasteiger partial charge in [0.25, 0.3) is 0 Å². The van der Waals surface area contributed by atoms with Crippen LogP contribution in [0.15, 0.2) is 0 Å². The smallest absolute Gasteiger partial charge is 0.249 e. The van der Waals surface area contributed by atoms with Crippen molar-refractivity contribution in [3.8, 4) is 57.7 Å². The minimum atomic E-state index is -2.79. The molecule has 12 nitrogen and oxygen atoms in total. The highest BCUT2D eigenvalue weighted by Gasteiger charge is 2.38. The van der Waals surface area contributed by atoms with Gasteiger partial charge < -0.3 is 0 Å². The molecule has 0 fully saturated rings. The molecule has 78 heavy (non-hydrogen) atoms. The van der Waals surface area contributed by atoms with Gasteiger partial charge in [-0.3, -0.25) is 9.97 Å². The second-order valence-corrected chi connectivity index (χ2v) is 15.6. The van der Waals surface area contributed by atoms with Crippen LogP contribution < -0.4 is 0 Å². The number of nitrogens with zero attached hydrogens (tertiary/aromatic N) is 12. The van der Waals surface area contributed by atoms with Crippen LogP contribution in [0.2, 0.25) is 0 Å². The van der Waals surface area contributed by atoms with Crippen LogP contribution in [0.1, 0.15) is 22.3 Å². The third kappa shape index (κ3) is 6.34. The van der Waals surface area contributed by atoms with E-state index in [2.05, 4.69) is 39.6 Å². The third-order valence-corrected chi connectivity index (χ3v) is 11.8. The zero-order valence-electron chi connectivity index (χ0n) is 36.2. The third-order valence-electron chi connectivity index (χ3n) is 11.8. The fourth-order valence-electron chi connectivity index (χ4n) is 8.49. The van der Waals surface area contributed by atoms with Gasteiger partial charge in [-0.2, -0.15) is 21.0 Å². The minimum absolute atomic E-state index is 1.06. The fourth-order valence-corrected chi connectivity index (χ4v) is 8.49. The molecule has 0 spiro atoms. The molecule has 10 rings (SSSR count). The van der Waals surface area contributed by atoms with Gasteiger partial charge in [0.05, 0.1) is 57.5 Å². The molecule has 0 atom stereocenters. The van der Waals surface area contributed by atoms with Gasteiger partial charge in [-0.25, -0.2) is 109 Å². The molecule has 0 saturated heterocycles. The number of benzene rings is 7. The molecular formula is C48F18N12. The maximum atomic E-state index is 16.7. The maximum absolute atomic E-state index is 16.7. The summed E-state index contributed by atoms with van der Waals surface area (Å²) in [5.74, 6) is -47.9. The van der Waals surface area contributed by atoms with E-state index in [9.17, 15) is 60.6 Å². The van der Waals surface area contributed by atoms with Crippen LogP contribution in [0.5, 0.6) is 0 Å². The van der Waals surface area contributed by atoms with E-state index in [0.29, 0.717) is 0 Å². The summed E-state index contributed by atoms with van der Waals surface area (Å²) in [5.41, 5.74) is -35.1. The molecule has 0 aliphatic rings. The normalized spacial score (nSPS) is 11.4. The first-order valence-electron chi connectivity index (χ1n) is 20.1. The van der Waals surface area contributed by atoms with E-state index in [0.717, 1.165) is 0 Å². The molecule has 10 aromatic rings. The summed E-state index contributed by atoms with van der Waals surface area (Å²) in [4.78, 5) is 30.3. The van der Waals surface area contributed by atoms with Gasteiger partial charge in [0.15, 0.2) is 75.6 Å². The van der Waals surface area contributed by atoms with E-state index < -0.39 is 238 Å². The van der Waals surface area contributed by atoms with Crippen LogP contribution >= 0.6 is 0 Å². The Morgan fingerprint density at radius 2 is 0.449 bits per heavy atom. The number of nitriles is 4. The first kappa shape index (κ1) is 50.5. The lowest BCUT2D eigenvalue weighted by Crippen LogP contribution is -2.09. The van der Waals surface area contributed by atoms with Crippen LogP contribution in [-0.4, -0.2) is 29.9 Å². The molecule has 0 bridgehead atoms. The molecule has 0 N–H and O–H groups in total. The van der Waals surface area contributed by atoms with Gasteiger partial charge >= 0.3 is 0 Å². The molecule has 3 aromatic heterocycles. The van der Waals surface area contributed by atoms with Crippen molar-refractivity contribution in [3.05, 3.63) is 150 Å². The van der Waals surface area contributed by atoms with E-state index in [1.165, 1.54) is 24.3 Å². The summed E-state index contributed by atoms with van der Waals surface area (Å²) in [5, 5.41) is 41.3. The summed E-state index contributed by atoms with van der Waals surface area (Å²) in [6.07, 6.45) is 0. The highest BCUT2D eigenvalue weighted by molar-refractivity contribution is 6.23. The predicted octanol–water partition coefficient (Wildman–Crippen LogP) is 13.1. The second kappa shape index (κ2) is 17.3. The van der Waals surface area contributed by atoms with Crippen molar-refractivity contribution in [2.45, 2.75) is 0 Å². The first-order chi connectivity index (χ1) is 37.0. The standard InChI is InChI=1S/C48F18N12/c1-71-39-16(15-23(55)30(62)34(66)31(63)24(15)56)18(50)10(6-70)38-41(39)77-47-45-43(73-35-7(3-67)11(17(49)9(5-69)37(35)75-45)13-19(51)26(58)32(64)27(59)20(13)52)48-44(46(47)76-38)74-36-8(4-68)12(25(57)40(72-2)42(36)78-48)14-21(53)28(60)33(65)29(61)22(14)54. The van der Waals surface area contributed by atoms with E-state index in [4.69, 9.17) is 13.1 Å². The predicted molar refractivity (Wildman–Crippen MR) is 225 cm³/mol. The van der Waals surface area contributed by atoms with Crippen LogP contribution in [-0.2, 0) is 0 Å². The Labute approximate surface area is 414 Å². The summed E-state index contributed by atoms with van der Waals surface area (Å²) >= 11 is 0. The summed E-state index contributed by atoms with van der Waals surface area (Å²) in [7, 11) is 0. The monoisotopic (exact) mass is 1090 g/mol. The van der Waals surface area contributed by atoms with Gasteiger partial charge in [0, 0.05) is 16.7 Å². The van der Waals surface area contributed by atoms with Crippen molar-refractivity contribution in [1.82, 2.24) is 29.9 Å². The van der Waals surface area contributed by atoms with Crippen molar-refractivity contribution in [1.29, 1.82) is 21.0 Å². The summed E-state index contributed by atoms with van der Waals surface area (Å²) in [6.45, 7) is 15.7. The van der Waals surface area contributed by atoms with Crippen molar-refractivity contribution >= 4 is 77.6 Å². The van der Waals surface area contributed by atoms with Crippen LogP contribution in [0.25, 0.3) is 109 Å². The van der Waals surface area contributed by atoms with Gasteiger partial charge in [-0.15, -0.1) is 0 Å². The molecule has 0 aliphatic carbocycles. The average Bonchev–Trinajstić information content (AvgIpc) is 3.44. The van der Waals surface area contributed by atoms with Gasteiger partial charge in [-0.05, 0) is 0 Å². The van der Waals surface area contributed by atoms with E-state index in [1.807, 2.05) is 0 Å². The number of rotatable bonds is 3. The molecule has 0 radical (unpaired) electrons. The van der Waals surface area contributed by atoms with E-state index in [1.54, 1.807) is 0 Å². The minimum Gasteiger partial charge on any atom is -0.254 e. The Morgan fingerprint density at radius 1 is 0.231 bits per heavy atom. The summed E-state index contributed by atoms with van der Waals surface area (Å²) in [6, 6.07) is 4.79. The van der Waals surface area contributed by atoms with Gasteiger partial charge in [-0.1, -0.05) is 0 Å². The maximum Gasteiger partial charge on any atom is 0.249 e. The molecule has 0 saturated carbocycles. The highest BCUT2D eigenvalue weighted by atomic mass is 19.2. The first-order valence-corrected chi connectivity index (χ1v) is 20.1. The van der Waals surface area contributed by atoms with Crippen LogP contribution in [0.3, 0.4) is 0 Å². The Kier molecular flexibility index (Phi) is 11.2. The zero-order chi connectivity index (χ0) is 56.7. The molecule has 0 aliphatic heterocycles. The topological polar surface area (TPSA) is 181 Å². The summed E-state index contributed by atoms with van der Waals surface area (Å²) < 4.78 is 273. The Morgan fingerprint density at radius 3 is 0.756 bits per heavy atom. The van der Waals surface area contributed by atoms with Crippen molar-refractivity contribution < 1.29 is 79.0 Å². The molecule has 30 heteroatoms. The molecular weight excluding hydrogens is 1090 g/mol. The fraction of sp³-hybridized carbons (Fsp3) is 0. The van der Waals surface area contributed by atoms with E-state index >= 15 is 39.5 Å². The zero-order valence-corrected chi connectivity index (χ0v) is 36.2. The van der Waals surface area contributed by atoms with Crippen LogP contribution in [0.4, 0.5) is 90.4 Å². The van der Waals surface area contributed by atoms with Crippen LogP contribution in [0, 0.1) is 163 Å². The lowest BCUT2D eigenvalue weighted by atomic mass is 9.93. The van der Waals surface area contributed by atoms with Crippen molar-refractivity contribution in [3.63, 3.8) is 0 Å². The van der Waals surface area contributed by atoms with Crippen molar-refractivity contribution in [2.24, 2.45) is 0 Å². The lowest BCUT2D eigenvalue weighted by molar-refractivity contribution is 0.381. The van der Waals surface area contributed by atoms with Gasteiger partial charge in [0.2, 0.25) is 28.8 Å². The highest BCUT2D eigenvalue weighted by Crippen LogP contribution is 2.48. The molecule has 378 valence electrons. The second-order valence-electron chi connectivity index (χ2n) is 15.6. The largest absolute Gasteiger partial charge is 0.254 e. The number of fused-ring (bicyclic) bond motifs is 9. The number of hydrogen-bond donors (Lipinski definition) is 0. The molecule has 0 amide bonds. The van der Waals surface area contributed by atoms with Crippen molar-refractivity contribution in [2.75, 3.05) is 0 Å². The Balaban J connectivity index is 1.50. The number of halogens is 18. The molecule has 0 unspecified atom stereocenters.